The van der Waals surface area contributed by atoms with Gasteiger partial charge in [0, 0.05) is 12.1 Å². The summed E-state index contributed by atoms with van der Waals surface area (Å²) in [7, 11) is 0. The first-order valence-electron chi connectivity index (χ1n) is 7.24. The minimum absolute atomic E-state index is 0.176. The Kier molecular flexibility index (Phi) is 5.08. The molecule has 0 bridgehead atoms. The number of nitrogens with one attached hydrogen (secondary N) is 3. The lowest BCUT2D eigenvalue weighted by atomic mass is 10.3. The molecule has 0 fully saturated rings. The standard InChI is InChI=1S/C15H21FN6/c1-9(2)17-13-20-14(18-10(3)4)22-15(21-13)19-12-8-6-5-7-11(12)16/h5-10H,1-4H3,(H3,17,18,19,20,21,22). The van der Waals surface area contributed by atoms with Crippen molar-refractivity contribution in [2.24, 2.45) is 0 Å². The Labute approximate surface area is 129 Å². The molecule has 22 heavy (non-hydrogen) atoms. The van der Waals surface area contributed by atoms with Crippen LogP contribution in [0.1, 0.15) is 27.7 Å². The largest absolute Gasteiger partial charge is 0.352 e. The average molecular weight is 304 g/mol. The van der Waals surface area contributed by atoms with Gasteiger partial charge in [-0.3, -0.25) is 0 Å². The molecule has 0 aliphatic heterocycles. The highest BCUT2D eigenvalue weighted by atomic mass is 19.1. The first-order valence-corrected chi connectivity index (χ1v) is 7.24. The summed E-state index contributed by atoms with van der Waals surface area (Å²) in [6, 6.07) is 6.73. The molecule has 0 spiro atoms. The number of anilines is 4. The molecule has 0 saturated carbocycles. The van der Waals surface area contributed by atoms with E-state index >= 15 is 0 Å². The van der Waals surface area contributed by atoms with Crippen LogP contribution in [0.2, 0.25) is 0 Å². The molecule has 118 valence electrons. The fourth-order valence-electron chi connectivity index (χ4n) is 1.76. The van der Waals surface area contributed by atoms with E-state index in [0.29, 0.717) is 17.6 Å². The van der Waals surface area contributed by atoms with Crippen LogP contribution >= 0.6 is 0 Å². The van der Waals surface area contributed by atoms with E-state index in [4.69, 9.17) is 0 Å². The normalized spacial score (nSPS) is 10.9. The lowest BCUT2D eigenvalue weighted by molar-refractivity contribution is 0.631. The second kappa shape index (κ2) is 7.02. The van der Waals surface area contributed by atoms with E-state index in [1.165, 1.54) is 6.07 Å². The van der Waals surface area contributed by atoms with Gasteiger partial charge in [-0.15, -0.1) is 0 Å². The maximum atomic E-state index is 13.7. The van der Waals surface area contributed by atoms with Crippen LogP contribution in [0.25, 0.3) is 0 Å². The van der Waals surface area contributed by atoms with Gasteiger partial charge in [-0.05, 0) is 39.8 Å². The van der Waals surface area contributed by atoms with E-state index < -0.39 is 0 Å². The van der Waals surface area contributed by atoms with Crippen LogP contribution in [-0.4, -0.2) is 27.0 Å². The molecule has 2 rings (SSSR count). The number of hydrogen-bond acceptors (Lipinski definition) is 6. The summed E-state index contributed by atoms with van der Waals surface area (Å²) < 4.78 is 13.7. The Bertz CT molecular complexity index is 601. The Morgan fingerprint density at radius 2 is 1.32 bits per heavy atom. The highest BCUT2D eigenvalue weighted by Gasteiger charge is 2.10. The monoisotopic (exact) mass is 304 g/mol. The molecule has 0 amide bonds. The highest BCUT2D eigenvalue weighted by molar-refractivity contribution is 5.56. The molecule has 6 nitrogen and oxygen atoms in total. The topological polar surface area (TPSA) is 74.8 Å². The van der Waals surface area contributed by atoms with Gasteiger partial charge < -0.3 is 16.0 Å². The number of halogens is 1. The molecule has 0 unspecified atom stereocenters. The smallest absolute Gasteiger partial charge is 0.233 e. The maximum Gasteiger partial charge on any atom is 0.233 e. The van der Waals surface area contributed by atoms with E-state index in [-0.39, 0.29) is 23.8 Å². The van der Waals surface area contributed by atoms with Gasteiger partial charge in [-0.2, -0.15) is 15.0 Å². The molecule has 3 N–H and O–H groups in total. The van der Waals surface area contributed by atoms with Crippen molar-refractivity contribution in [2.45, 2.75) is 39.8 Å². The summed E-state index contributed by atoms with van der Waals surface area (Å²) >= 11 is 0. The second-order valence-electron chi connectivity index (χ2n) is 5.51. The molecule has 1 heterocycles. The third-order valence-electron chi connectivity index (χ3n) is 2.59. The summed E-state index contributed by atoms with van der Waals surface area (Å²) in [6.45, 7) is 7.96. The zero-order valence-corrected chi connectivity index (χ0v) is 13.2. The van der Waals surface area contributed by atoms with E-state index in [0.717, 1.165) is 0 Å². The number of aromatic nitrogens is 3. The summed E-state index contributed by atoms with van der Waals surface area (Å²) in [5.41, 5.74) is 0.319. The number of rotatable bonds is 6. The fraction of sp³-hybridized carbons (Fsp3) is 0.400. The number of nitrogens with zero attached hydrogens (tertiary/aromatic N) is 3. The highest BCUT2D eigenvalue weighted by Crippen LogP contribution is 2.19. The molecular formula is C15H21FN6. The van der Waals surface area contributed by atoms with Crippen molar-refractivity contribution in [3.63, 3.8) is 0 Å². The van der Waals surface area contributed by atoms with Crippen molar-refractivity contribution in [1.29, 1.82) is 0 Å². The van der Waals surface area contributed by atoms with Crippen molar-refractivity contribution >= 4 is 23.5 Å². The second-order valence-corrected chi connectivity index (χ2v) is 5.51. The summed E-state index contributed by atoms with van der Waals surface area (Å²) in [6.07, 6.45) is 0. The minimum Gasteiger partial charge on any atom is -0.352 e. The van der Waals surface area contributed by atoms with Crippen LogP contribution in [0.3, 0.4) is 0 Å². The van der Waals surface area contributed by atoms with Gasteiger partial charge >= 0.3 is 0 Å². The van der Waals surface area contributed by atoms with Crippen molar-refractivity contribution < 1.29 is 4.39 Å². The van der Waals surface area contributed by atoms with Gasteiger partial charge in [-0.1, -0.05) is 12.1 Å². The van der Waals surface area contributed by atoms with Crippen LogP contribution in [0, 0.1) is 5.82 Å². The molecule has 2 aromatic rings. The molecule has 7 heteroatoms. The van der Waals surface area contributed by atoms with Crippen molar-refractivity contribution in [3.05, 3.63) is 30.1 Å². The van der Waals surface area contributed by atoms with Gasteiger partial charge in [0.1, 0.15) is 5.82 Å². The van der Waals surface area contributed by atoms with Gasteiger partial charge in [-0.25, -0.2) is 4.39 Å². The minimum atomic E-state index is -0.361. The van der Waals surface area contributed by atoms with E-state index in [1.807, 2.05) is 27.7 Å². The quantitative estimate of drug-likeness (QED) is 0.759. The van der Waals surface area contributed by atoms with Crippen LogP contribution < -0.4 is 16.0 Å². The third-order valence-corrected chi connectivity index (χ3v) is 2.59. The summed E-state index contributed by atoms with van der Waals surface area (Å²) in [5, 5.41) is 9.13. The van der Waals surface area contributed by atoms with Gasteiger partial charge in [0.15, 0.2) is 0 Å². The average Bonchev–Trinajstić information content (AvgIpc) is 2.39. The third kappa shape index (κ3) is 4.54. The zero-order valence-electron chi connectivity index (χ0n) is 13.2. The lowest BCUT2D eigenvalue weighted by Crippen LogP contribution is -2.18. The Balaban J connectivity index is 2.30. The molecule has 0 atom stereocenters. The predicted molar refractivity (Wildman–Crippen MR) is 87.0 cm³/mol. The van der Waals surface area contributed by atoms with Crippen molar-refractivity contribution in [3.8, 4) is 0 Å². The molecule has 0 aliphatic rings. The van der Waals surface area contributed by atoms with Crippen LogP contribution in [-0.2, 0) is 0 Å². The molecule has 0 saturated heterocycles. The van der Waals surface area contributed by atoms with E-state index in [1.54, 1.807) is 18.2 Å². The van der Waals surface area contributed by atoms with Crippen LogP contribution in [0.5, 0.6) is 0 Å². The van der Waals surface area contributed by atoms with Gasteiger partial charge in [0.05, 0.1) is 5.69 Å². The lowest BCUT2D eigenvalue weighted by Gasteiger charge is -2.14. The number of benzene rings is 1. The molecular weight excluding hydrogens is 283 g/mol. The molecule has 1 aromatic heterocycles. The van der Waals surface area contributed by atoms with Crippen LogP contribution in [0.15, 0.2) is 24.3 Å². The van der Waals surface area contributed by atoms with Gasteiger partial charge in [0.25, 0.3) is 0 Å². The fourth-order valence-corrected chi connectivity index (χ4v) is 1.76. The van der Waals surface area contributed by atoms with E-state index in [9.17, 15) is 4.39 Å². The Hall–Kier alpha value is -2.44. The Morgan fingerprint density at radius 3 is 1.82 bits per heavy atom. The van der Waals surface area contributed by atoms with E-state index in [2.05, 4.69) is 30.9 Å². The molecule has 0 aliphatic carbocycles. The molecule has 0 radical (unpaired) electrons. The number of para-hydroxylation sites is 1. The van der Waals surface area contributed by atoms with Crippen molar-refractivity contribution in [1.82, 2.24) is 15.0 Å². The summed E-state index contributed by atoms with van der Waals surface area (Å²) in [4.78, 5) is 12.8. The number of hydrogen-bond donors (Lipinski definition) is 3. The Morgan fingerprint density at radius 1 is 0.818 bits per heavy atom. The SMILES string of the molecule is CC(C)Nc1nc(Nc2ccccc2F)nc(NC(C)C)n1. The van der Waals surface area contributed by atoms with Crippen molar-refractivity contribution in [2.75, 3.05) is 16.0 Å². The summed E-state index contributed by atoms with van der Waals surface area (Å²) in [5.74, 6) is 0.796. The zero-order chi connectivity index (χ0) is 16.1. The first kappa shape index (κ1) is 15.9. The predicted octanol–water partition coefficient (Wildman–Crippen LogP) is 3.39. The van der Waals surface area contributed by atoms with Crippen LogP contribution in [0.4, 0.5) is 27.9 Å². The van der Waals surface area contributed by atoms with Gasteiger partial charge in [0.2, 0.25) is 17.8 Å². The molecule has 1 aromatic carbocycles. The maximum absolute atomic E-state index is 13.7. The first-order chi connectivity index (χ1) is 10.4.